The predicted molar refractivity (Wildman–Crippen MR) is 57.8 cm³/mol. The molecule has 0 fully saturated rings. The average Bonchev–Trinajstić information content (AvgIpc) is 2.29. The molecule has 0 bridgehead atoms. The molecule has 1 aromatic heterocycles. The highest BCUT2D eigenvalue weighted by Crippen LogP contribution is 2.21. The quantitative estimate of drug-likeness (QED) is 0.665. The number of ether oxygens (including phenoxy) is 1. The number of methoxy groups -OCH3 is 1. The third-order valence-corrected chi connectivity index (χ3v) is 2.49. The van der Waals surface area contributed by atoms with Gasteiger partial charge < -0.3 is 4.74 Å². The van der Waals surface area contributed by atoms with Crippen molar-refractivity contribution >= 4 is 16.7 Å². The first-order chi connectivity index (χ1) is 7.24. The van der Waals surface area contributed by atoms with Gasteiger partial charge in [-0.15, -0.1) is 0 Å². The molecule has 0 spiro atoms. The van der Waals surface area contributed by atoms with E-state index in [1.807, 2.05) is 19.1 Å². The van der Waals surface area contributed by atoms with Crippen LogP contribution in [-0.2, 0) is 4.74 Å². The summed E-state index contributed by atoms with van der Waals surface area (Å²) in [7, 11) is 1.39. The Morgan fingerprint density at radius 2 is 2.13 bits per heavy atom. The van der Waals surface area contributed by atoms with Crippen molar-refractivity contribution in [1.82, 2.24) is 4.98 Å². The smallest absolute Gasteiger partial charge is 0.338 e. The maximum atomic E-state index is 11.4. The van der Waals surface area contributed by atoms with E-state index < -0.39 is 0 Å². The van der Waals surface area contributed by atoms with Crippen LogP contribution in [0.15, 0.2) is 30.6 Å². The summed E-state index contributed by atoms with van der Waals surface area (Å²) >= 11 is 0. The summed E-state index contributed by atoms with van der Waals surface area (Å²) < 4.78 is 4.71. The van der Waals surface area contributed by atoms with Crippen molar-refractivity contribution in [2.24, 2.45) is 0 Å². The highest BCUT2D eigenvalue weighted by atomic mass is 16.5. The molecule has 0 aliphatic heterocycles. The van der Waals surface area contributed by atoms with Gasteiger partial charge in [-0.25, -0.2) is 4.79 Å². The number of hydrogen-bond donors (Lipinski definition) is 0. The van der Waals surface area contributed by atoms with Gasteiger partial charge in [0.25, 0.3) is 0 Å². The van der Waals surface area contributed by atoms with Gasteiger partial charge in [-0.2, -0.15) is 0 Å². The topological polar surface area (TPSA) is 39.2 Å². The molecule has 0 amide bonds. The number of esters is 1. The zero-order valence-electron chi connectivity index (χ0n) is 8.65. The van der Waals surface area contributed by atoms with Crippen LogP contribution in [0.3, 0.4) is 0 Å². The van der Waals surface area contributed by atoms with Gasteiger partial charge in [0.1, 0.15) is 0 Å². The molecule has 1 heterocycles. The molecule has 2 rings (SSSR count). The number of carbonyl (C=O) groups is 1. The number of aryl methyl sites for hydroxylation is 1. The first kappa shape index (κ1) is 9.65. The van der Waals surface area contributed by atoms with Gasteiger partial charge in [0.2, 0.25) is 0 Å². The van der Waals surface area contributed by atoms with Gasteiger partial charge in [-0.05, 0) is 30.0 Å². The summed E-state index contributed by atoms with van der Waals surface area (Å²) in [5.74, 6) is -0.300. The second kappa shape index (κ2) is 3.69. The molecule has 0 saturated carbocycles. The SMILES string of the molecule is COC(=O)c1ccc2cnccc2c1C. The van der Waals surface area contributed by atoms with Crippen LogP contribution in [-0.4, -0.2) is 18.1 Å². The Morgan fingerprint density at radius 1 is 1.33 bits per heavy atom. The Kier molecular flexibility index (Phi) is 2.37. The number of hydrogen-bond acceptors (Lipinski definition) is 3. The minimum absolute atomic E-state index is 0.300. The fraction of sp³-hybridized carbons (Fsp3) is 0.167. The maximum absolute atomic E-state index is 11.4. The molecule has 0 unspecified atom stereocenters. The summed E-state index contributed by atoms with van der Waals surface area (Å²) in [5, 5.41) is 2.07. The van der Waals surface area contributed by atoms with Gasteiger partial charge >= 0.3 is 5.97 Å². The van der Waals surface area contributed by atoms with Crippen LogP contribution in [0.1, 0.15) is 15.9 Å². The molecule has 0 N–H and O–H groups in total. The van der Waals surface area contributed by atoms with Crippen LogP contribution in [0.25, 0.3) is 10.8 Å². The van der Waals surface area contributed by atoms with Crippen LogP contribution in [0.4, 0.5) is 0 Å². The summed E-state index contributed by atoms with van der Waals surface area (Å²) in [6.45, 7) is 1.91. The molecule has 0 saturated heterocycles. The molecule has 0 atom stereocenters. The first-order valence-electron chi connectivity index (χ1n) is 4.65. The second-order valence-electron chi connectivity index (χ2n) is 3.33. The Labute approximate surface area is 87.7 Å². The van der Waals surface area contributed by atoms with E-state index in [-0.39, 0.29) is 5.97 Å². The molecule has 76 valence electrons. The average molecular weight is 201 g/mol. The highest BCUT2D eigenvalue weighted by molar-refractivity contribution is 5.98. The van der Waals surface area contributed by atoms with Crippen LogP contribution < -0.4 is 0 Å². The van der Waals surface area contributed by atoms with Crippen molar-refractivity contribution in [3.63, 3.8) is 0 Å². The van der Waals surface area contributed by atoms with Gasteiger partial charge in [0.15, 0.2) is 0 Å². The van der Waals surface area contributed by atoms with Gasteiger partial charge in [-0.1, -0.05) is 6.07 Å². The van der Waals surface area contributed by atoms with E-state index in [1.165, 1.54) is 7.11 Å². The Morgan fingerprint density at radius 3 is 2.87 bits per heavy atom. The van der Waals surface area contributed by atoms with Crippen LogP contribution in [0.2, 0.25) is 0 Å². The van der Waals surface area contributed by atoms with Crippen LogP contribution >= 0.6 is 0 Å². The number of carbonyl (C=O) groups excluding carboxylic acids is 1. The standard InChI is InChI=1S/C12H11NO2/c1-8-10-5-6-13-7-9(10)3-4-11(8)12(14)15-2/h3-7H,1-2H3. The Bertz CT molecular complexity index is 520. The molecule has 2 aromatic rings. The summed E-state index contributed by atoms with van der Waals surface area (Å²) in [4.78, 5) is 15.5. The molecule has 3 nitrogen and oxygen atoms in total. The summed E-state index contributed by atoms with van der Waals surface area (Å²) in [6, 6.07) is 5.55. The van der Waals surface area contributed by atoms with E-state index in [0.717, 1.165) is 16.3 Å². The molecular formula is C12H11NO2. The largest absolute Gasteiger partial charge is 0.465 e. The van der Waals surface area contributed by atoms with Gasteiger partial charge in [-0.3, -0.25) is 4.98 Å². The fourth-order valence-electron chi connectivity index (χ4n) is 1.66. The number of pyridine rings is 1. The third-order valence-electron chi connectivity index (χ3n) is 2.49. The number of benzene rings is 1. The van der Waals surface area contributed by atoms with E-state index in [0.29, 0.717) is 5.56 Å². The molecule has 1 aromatic carbocycles. The zero-order valence-corrected chi connectivity index (χ0v) is 8.65. The van der Waals surface area contributed by atoms with Crippen molar-refractivity contribution in [2.75, 3.05) is 7.11 Å². The fourth-order valence-corrected chi connectivity index (χ4v) is 1.66. The number of nitrogens with zero attached hydrogens (tertiary/aromatic N) is 1. The normalized spacial score (nSPS) is 10.3. The van der Waals surface area contributed by atoms with Crippen LogP contribution in [0, 0.1) is 6.92 Å². The Hall–Kier alpha value is -1.90. The lowest BCUT2D eigenvalue weighted by Gasteiger charge is -2.06. The minimum Gasteiger partial charge on any atom is -0.465 e. The molecule has 0 radical (unpaired) electrons. The molecule has 0 aliphatic carbocycles. The lowest BCUT2D eigenvalue weighted by atomic mass is 10.0. The van der Waals surface area contributed by atoms with Crippen molar-refractivity contribution in [2.45, 2.75) is 6.92 Å². The predicted octanol–water partition coefficient (Wildman–Crippen LogP) is 2.33. The van der Waals surface area contributed by atoms with Crippen molar-refractivity contribution in [3.05, 3.63) is 41.7 Å². The monoisotopic (exact) mass is 201 g/mol. The first-order valence-corrected chi connectivity index (χ1v) is 4.65. The van der Waals surface area contributed by atoms with Crippen LogP contribution in [0.5, 0.6) is 0 Å². The molecule has 3 heteroatoms. The third kappa shape index (κ3) is 1.56. The van der Waals surface area contributed by atoms with E-state index in [1.54, 1.807) is 18.5 Å². The highest BCUT2D eigenvalue weighted by Gasteiger charge is 2.10. The second-order valence-corrected chi connectivity index (χ2v) is 3.33. The van der Waals surface area contributed by atoms with Gasteiger partial charge in [0, 0.05) is 17.8 Å². The zero-order chi connectivity index (χ0) is 10.8. The Balaban J connectivity index is 2.70. The van der Waals surface area contributed by atoms with Crippen molar-refractivity contribution in [3.8, 4) is 0 Å². The van der Waals surface area contributed by atoms with Crippen molar-refractivity contribution < 1.29 is 9.53 Å². The maximum Gasteiger partial charge on any atom is 0.338 e. The van der Waals surface area contributed by atoms with Gasteiger partial charge in [0.05, 0.1) is 12.7 Å². The molecular weight excluding hydrogens is 190 g/mol. The van der Waals surface area contributed by atoms with E-state index >= 15 is 0 Å². The number of rotatable bonds is 1. The van der Waals surface area contributed by atoms with E-state index in [4.69, 9.17) is 4.74 Å². The minimum atomic E-state index is -0.300. The summed E-state index contributed by atoms with van der Waals surface area (Å²) in [5.41, 5.74) is 1.54. The number of fused-ring (bicyclic) bond motifs is 1. The lowest BCUT2D eigenvalue weighted by molar-refractivity contribution is 0.0600. The summed E-state index contributed by atoms with van der Waals surface area (Å²) in [6.07, 6.45) is 3.50. The van der Waals surface area contributed by atoms with E-state index in [9.17, 15) is 4.79 Å². The van der Waals surface area contributed by atoms with E-state index in [2.05, 4.69) is 4.98 Å². The number of aromatic nitrogens is 1. The molecule has 0 aliphatic rings. The van der Waals surface area contributed by atoms with Crippen molar-refractivity contribution in [1.29, 1.82) is 0 Å². The molecule has 15 heavy (non-hydrogen) atoms. The lowest BCUT2D eigenvalue weighted by Crippen LogP contribution is -2.03.